The van der Waals surface area contributed by atoms with Gasteiger partial charge in [0.2, 0.25) is 0 Å². The third kappa shape index (κ3) is 6.44. The molecule has 9 aromatic rings. The van der Waals surface area contributed by atoms with Crippen LogP contribution in [-0.4, -0.2) is 19.9 Å². The highest BCUT2D eigenvalue weighted by Crippen LogP contribution is 2.37. The number of hydrogen-bond acceptors (Lipinski definition) is 4. The Kier molecular flexibility index (Phi) is 8.36. The molecule has 0 fully saturated rings. The maximum absolute atomic E-state index is 5.31. The first-order valence-electron chi connectivity index (χ1n) is 18.4. The van der Waals surface area contributed by atoms with Gasteiger partial charge in [-0.15, -0.1) is 0 Å². The standard InChI is InChI=1S/C50H38N4/c1-50(2,3)46-31-42(34-14-7-4-8-15-34)41-28-26-37-27-29-43(51-47(37)48(41)54-46)40-21-13-20-39(30-40)33-22-24-36(25-23-33)45-32-44(35-16-9-5-10-17-35)52-49(53-45)38-18-11-6-12-19-38/h4-32H,1-3H3. The second kappa shape index (κ2) is 13.6. The Hall–Kier alpha value is -6.78. The molecule has 4 nitrogen and oxygen atoms in total. The molecule has 6 aromatic carbocycles. The van der Waals surface area contributed by atoms with E-state index in [1.54, 1.807) is 0 Å². The summed E-state index contributed by atoms with van der Waals surface area (Å²) >= 11 is 0. The van der Waals surface area contributed by atoms with Gasteiger partial charge in [0.15, 0.2) is 5.82 Å². The summed E-state index contributed by atoms with van der Waals surface area (Å²) < 4.78 is 0. The predicted octanol–water partition coefficient (Wildman–Crippen LogP) is 12.9. The molecular weight excluding hydrogens is 657 g/mol. The zero-order valence-electron chi connectivity index (χ0n) is 30.5. The van der Waals surface area contributed by atoms with Gasteiger partial charge >= 0.3 is 0 Å². The molecule has 0 atom stereocenters. The minimum Gasteiger partial charge on any atom is -0.250 e. The van der Waals surface area contributed by atoms with E-state index in [2.05, 4.69) is 160 Å². The molecule has 0 radical (unpaired) electrons. The van der Waals surface area contributed by atoms with Gasteiger partial charge in [-0.05, 0) is 46.5 Å². The average molecular weight is 695 g/mol. The molecule has 9 rings (SSSR count). The van der Waals surface area contributed by atoms with Gasteiger partial charge in [-0.2, -0.15) is 0 Å². The Morgan fingerprint density at radius 1 is 0.352 bits per heavy atom. The third-order valence-electron chi connectivity index (χ3n) is 9.99. The Balaban J connectivity index is 1.09. The molecule has 0 saturated carbocycles. The molecule has 0 N–H and O–H groups in total. The molecule has 258 valence electrons. The fourth-order valence-electron chi connectivity index (χ4n) is 7.03. The van der Waals surface area contributed by atoms with Crippen molar-refractivity contribution in [3.8, 4) is 67.4 Å². The van der Waals surface area contributed by atoms with E-state index < -0.39 is 0 Å². The minimum absolute atomic E-state index is 0.122. The molecule has 0 amide bonds. The van der Waals surface area contributed by atoms with E-state index in [4.69, 9.17) is 19.9 Å². The SMILES string of the molecule is CC(C)(C)c1cc(-c2ccccc2)c2ccc3ccc(-c4cccc(-c5ccc(-c6cc(-c7ccccc7)nc(-c7ccccc7)n6)cc5)c4)nc3c2n1. The van der Waals surface area contributed by atoms with E-state index in [0.717, 1.165) is 78.0 Å². The van der Waals surface area contributed by atoms with Gasteiger partial charge in [-0.25, -0.2) is 19.9 Å². The van der Waals surface area contributed by atoms with E-state index in [1.807, 2.05) is 36.4 Å². The van der Waals surface area contributed by atoms with Crippen molar-refractivity contribution in [1.82, 2.24) is 19.9 Å². The number of hydrogen-bond donors (Lipinski definition) is 0. The zero-order valence-corrected chi connectivity index (χ0v) is 30.5. The first-order chi connectivity index (χ1) is 26.4. The van der Waals surface area contributed by atoms with Crippen molar-refractivity contribution in [2.45, 2.75) is 26.2 Å². The van der Waals surface area contributed by atoms with Crippen LogP contribution in [0, 0.1) is 0 Å². The monoisotopic (exact) mass is 694 g/mol. The summed E-state index contributed by atoms with van der Waals surface area (Å²) in [6.07, 6.45) is 0. The molecule has 3 heterocycles. The van der Waals surface area contributed by atoms with Crippen LogP contribution in [-0.2, 0) is 5.41 Å². The number of pyridine rings is 2. The zero-order chi connectivity index (χ0) is 36.6. The molecular formula is C50H38N4. The lowest BCUT2D eigenvalue weighted by Crippen LogP contribution is -2.14. The predicted molar refractivity (Wildman–Crippen MR) is 224 cm³/mol. The summed E-state index contributed by atoms with van der Waals surface area (Å²) in [4.78, 5) is 20.5. The molecule has 0 spiro atoms. The van der Waals surface area contributed by atoms with Crippen LogP contribution in [0.3, 0.4) is 0 Å². The Bertz CT molecular complexity index is 2710. The first-order valence-corrected chi connectivity index (χ1v) is 18.4. The summed E-state index contributed by atoms with van der Waals surface area (Å²) in [6.45, 7) is 6.65. The van der Waals surface area contributed by atoms with Gasteiger partial charge in [-0.3, -0.25) is 0 Å². The summed E-state index contributed by atoms with van der Waals surface area (Å²) in [6, 6.07) is 61.3. The maximum atomic E-state index is 5.31. The van der Waals surface area contributed by atoms with E-state index in [9.17, 15) is 0 Å². The molecule has 0 aliphatic rings. The maximum Gasteiger partial charge on any atom is 0.160 e. The lowest BCUT2D eigenvalue weighted by molar-refractivity contribution is 0.572. The molecule has 0 aliphatic heterocycles. The van der Waals surface area contributed by atoms with Crippen molar-refractivity contribution in [2.24, 2.45) is 0 Å². The largest absolute Gasteiger partial charge is 0.250 e. The van der Waals surface area contributed by atoms with Crippen LogP contribution in [0.1, 0.15) is 26.5 Å². The van der Waals surface area contributed by atoms with Gasteiger partial charge in [0, 0.05) is 44.1 Å². The van der Waals surface area contributed by atoms with E-state index in [0.29, 0.717) is 5.82 Å². The second-order valence-corrected chi connectivity index (χ2v) is 14.8. The van der Waals surface area contributed by atoms with Crippen LogP contribution in [0.25, 0.3) is 89.2 Å². The molecule has 0 aliphatic carbocycles. The molecule has 0 saturated heterocycles. The number of rotatable bonds is 6. The number of benzene rings is 6. The van der Waals surface area contributed by atoms with Crippen LogP contribution >= 0.6 is 0 Å². The van der Waals surface area contributed by atoms with Crippen LogP contribution in [0.2, 0.25) is 0 Å². The van der Waals surface area contributed by atoms with Crippen LogP contribution in [0.4, 0.5) is 0 Å². The normalized spacial score (nSPS) is 11.6. The van der Waals surface area contributed by atoms with Crippen LogP contribution in [0.15, 0.2) is 176 Å². The van der Waals surface area contributed by atoms with Gasteiger partial charge < -0.3 is 0 Å². The Morgan fingerprint density at radius 3 is 1.57 bits per heavy atom. The van der Waals surface area contributed by atoms with Crippen molar-refractivity contribution in [1.29, 1.82) is 0 Å². The van der Waals surface area contributed by atoms with Crippen molar-refractivity contribution >= 4 is 21.8 Å². The van der Waals surface area contributed by atoms with Gasteiger partial charge in [-0.1, -0.05) is 172 Å². The van der Waals surface area contributed by atoms with Crippen LogP contribution in [0.5, 0.6) is 0 Å². The van der Waals surface area contributed by atoms with E-state index >= 15 is 0 Å². The van der Waals surface area contributed by atoms with Crippen LogP contribution < -0.4 is 0 Å². The third-order valence-corrected chi connectivity index (χ3v) is 9.99. The van der Waals surface area contributed by atoms with Crippen molar-refractivity contribution < 1.29 is 0 Å². The quantitative estimate of drug-likeness (QED) is 0.163. The van der Waals surface area contributed by atoms with Crippen molar-refractivity contribution in [3.63, 3.8) is 0 Å². The molecule has 0 bridgehead atoms. The van der Waals surface area contributed by atoms with Gasteiger partial charge in [0.05, 0.1) is 28.1 Å². The number of fused-ring (bicyclic) bond motifs is 3. The summed E-state index contributed by atoms with van der Waals surface area (Å²) in [7, 11) is 0. The molecule has 4 heteroatoms. The minimum atomic E-state index is -0.122. The van der Waals surface area contributed by atoms with E-state index in [-0.39, 0.29) is 5.41 Å². The first kappa shape index (κ1) is 33.1. The second-order valence-electron chi connectivity index (χ2n) is 14.8. The summed E-state index contributed by atoms with van der Waals surface area (Å²) in [5.74, 6) is 0.709. The number of nitrogens with zero attached hydrogens (tertiary/aromatic N) is 4. The molecule has 0 unspecified atom stereocenters. The topological polar surface area (TPSA) is 51.6 Å². The smallest absolute Gasteiger partial charge is 0.160 e. The fourth-order valence-corrected chi connectivity index (χ4v) is 7.03. The molecule has 54 heavy (non-hydrogen) atoms. The van der Waals surface area contributed by atoms with Gasteiger partial charge in [0.1, 0.15) is 0 Å². The number of aromatic nitrogens is 4. The van der Waals surface area contributed by atoms with Gasteiger partial charge in [0.25, 0.3) is 0 Å². The van der Waals surface area contributed by atoms with E-state index in [1.165, 1.54) is 11.1 Å². The highest BCUT2D eigenvalue weighted by Gasteiger charge is 2.20. The Labute approximate surface area is 315 Å². The highest BCUT2D eigenvalue weighted by atomic mass is 14.9. The highest BCUT2D eigenvalue weighted by molar-refractivity contribution is 6.08. The summed E-state index contributed by atoms with van der Waals surface area (Å²) in [5, 5.41) is 2.18. The van der Waals surface area contributed by atoms with Crippen molar-refractivity contribution in [2.75, 3.05) is 0 Å². The Morgan fingerprint density at radius 2 is 0.907 bits per heavy atom. The lowest BCUT2D eigenvalue weighted by Gasteiger charge is -2.21. The average Bonchev–Trinajstić information content (AvgIpc) is 3.23. The molecule has 3 aromatic heterocycles. The lowest BCUT2D eigenvalue weighted by atomic mass is 9.88. The fraction of sp³-hybridized carbons (Fsp3) is 0.0800. The van der Waals surface area contributed by atoms with Crippen molar-refractivity contribution in [3.05, 3.63) is 182 Å². The summed E-state index contributed by atoms with van der Waals surface area (Å²) in [5.41, 5.74) is 14.2.